The summed E-state index contributed by atoms with van der Waals surface area (Å²) in [7, 11) is 0. The molecule has 2 unspecified atom stereocenters. The van der Waals surface area contributed by atoms with Crippen LogP contribution in [0.1, 0.15) is 17.0 Å². The lowest BCUT2D eigenvalue weighted by Gasteiger charge is -2.10. The van der Waals surface area contributed by atoms with Gasteiger partial charge in [-0.2, -0.15) is 0 Å². The monoisotopic (exact) mass is 193 g/mol. The molecule has 4 N–H and O–H groups in total. The van der Waals surface area contributed by atoms with Crippen molar-refractivity contribution in [1.82, 2.24) is 0 Å². The van der Waals surface area contributed by atoms with Crippen molar-refractivity contribution in [3.8, 4) is 5.75 Å². The average molecular weight is 193 g/mol. The molecule has 2 rings (SSSR count). The fraction of sp³-hybridized carbons (Fsp3) is 0.300. The van der Waals surface area contributed by atoms with Crippen molar-refractivity contribution in [2.75, 3.05) is 0 Å². The Labute approximate surface area is 81.0 Å². The van der Waals surface area contributed by atoms with Gasteiger partial charge in [0.25, 0.3) is 0 Å². The summed E-state index contributed by atoms with van der Waals surface area (Å²) >= 11 is 0. The zero-order valence-corrected chi connectivity index (χ0v) is 7.47. The van der Waals surface area contributed by atoms with Crippen molar-refractivity contribution < 1.29 is 15.0 Å². The van der Waals surface area contributed by atoms with Crippen LogP contribution in [0.3, 0.4) is 0 Å². The van der Waals surface area contributed by atoms with Gasteiger partial charge in [-0.1, -0.05) is 6.07 Å². The minimum atomic E-state index is -0.929. The second kappa shape index (κ2) is 2.99. The standard InChI is InChI=1S/C10H11NO3/c11-8-3-5-1-2-6(12)4-7(5)9(8)10(13)14/h1-2,4,8-9,12H,3,11H2,(H,13,14). The lowest BCUT2D eigenvalue weighted by Crippen LogP contribution is -2.30. The predicted molar refractivity (Wildman–Crippen MR) is 50.2 cm³/mol. The average Bonchev–Trinajstić information content (AvgIpc) is 2.40. The Morgan fingerprint density at radius 3 is 2.86 bits per heavy atom. The minimum Gasteiger partial charge on any atom is -0.508 e. The number of aliphatic carboxylic acids is 1. The highest BCUT2D eigenvalue weighted by atomic mass is 16.4. The van der Waals surface area contributed by atoms with Crippen LogP contribution in [0.2, 0.25) is 0 Å². The molecule has 74 valence electrons. The van der Waals surface area contributed by atoms with Crippen molar-refractivity contribution >= 4 is 5.97 Å². The van der Waals surface area contributed by atoms with Crippen LogP contribution in [0.25, 0.3) is 0 Å². The van der Waals surface area contributed by atoms with Crippen LogP contribution in [0.4, 0.5) is 0 Å². The fourth-order valence-corrected chi connectivity index (χ4v) is 1.98. The Bertz CT molecular complexity index is 389. The first-order valence-electron chi connectivity index (χ1n) is 4.40. The van der Waals surface area contributed by atoms with E-state index in [1.165, 1.54) is 6.07 Å². The van der Waals surface area contributed by atoms with E-state index in [2.05, 4.69) is 0 Å². The second-order valence-electron chi connectivity index (χ2n) is 3.57. The first-order valence-corrected chi connectivity index (χ1v) is 4.40. The fourth-order valence-electron chi connectivity index (χ4n) is 1.98. The van der Waals surface area contributed by atoms with Crippen LogP contribution in [-0.4, -0.2) is 22.2 Å². The summed E-state index contributed by atoms with van der Waals surface area (Å²) in [5.41, 5.74) is 7.28. The SMILES string of the molecule is NC1Cc2ccc(O)cc2C1C(=O)O. The van der Waals surface area contributed by atoms with E-state index >= 15 is 0 Å². The van der Waals surface area contributed by atoms with Crippen molar-refractivity contribution in [1.29, 1.82) is 0 Å². The Morgan fingerprint density at radius 2 is 2.21 bits per heavy atom. The summed E-state index contributed by atoms with van der Waals surface area (Å²) in [5, 5.41) is 18.2. The molecule has 0 fully saturated rings. The van der Waals surface area contributed by atoms with Gasteiger partial charge in [-0.15, -0.1) is 0 Å². The highest BCUT2D eigenvalue weighted by Crippen LogP contribution is 2.34. The third-order valence-electron chi connectivity index (χ3n) is 2.61. The third-order valence-corrected chi connectivity index (χ3v) is 2.61. The zero-order valence-electron chi connectivity index (χ0n) is 7.47. The van der Waals surface area contributed by atoms with Crippen LogP contribution in [0, 0.1) is 0 Å². The number of carbonyl (C=O) groups is 1. The van der Waals surface area contributed by atoms with E-state index < -0.39 is 11.9 Å². The zero-order chi connectivity index (χ0) is 10.3. The molecule has 0 saturated carbocycles. The number of phenolic OH excluding ortho intramolecular Hbond substituents is 1. The summed E-state index contributed by atoms with van der Waals surface area (Å²) in [4.78, 5) is 10.9. The largest absolute Gasteiger partial charge is 0.508 e. The van der Waals surface area contributed by atoms with Crippen LogP contribution in [0.15, 0.2) is 18.2 Å². The molecule has 1 aromatic carbocycles. The van der Waals surface area contributed by atoms with E-state index in [1.807, 2.05) is 0 Å². The smallest absolute Gasteiger partial charge is 0.312 e. The number of hydrogen-bond donors (Lipinski definition) is 3. The van der Waals surface area contributed by atoms with Gasteiger partial charge in [0.1, 0.15) is 5.75 Å². The van der Waals surface area contributed by atoms with Gasteiger partial charge in [0.2, 0.25) is 0 Å². The van der Waals surface area contributed by atoms with Gasteiger partial charge in [-0.25, -0.2) is 0 Å². The Morgan fingerprint density at radius 1 is 1.50 bits per heavy atom. The number of fused-ring (bicyclic) bond motifs is 1. The van der Waals surface area contributed by atoms with Crippen LogP contribution < -0.4 is 5.73 Å². The Balaban J connectivity index is 2.49. The molecule has 1 aromatic rings. The normalized spacial score (nSPS) is 24.6. The minimum absolute atomic E-state index is 0.0871. The molecule has 2 atom stereocenters. The molecule has 1 aliphatic carbocycles. The van der Waals surface area contributed by atoms with E-state index in [0.29, 0.717) is 12.0 Å². The molecule has 0 bridgehead atoms. The molecule has 0 spiro atoms. The predicted octanol–water partition coefficient (Wildman–Crippen LogP) is 0.444. The van der Waals surface area contributed by atoms with Gasteiger partial charge in [0, 0.05) is 6.04 Å². The maximum absolute atomic E-state index is 10.9. The maximum atomic E-state index is 10.9. The molecular weight excluding hydrogens is 182 g/mol. The van der Waals surface area contributed by atoms with Crippen LogP contribution >= 0.6 is 0 Å². The number of carboxylic acid groups (broad SMARTS) is 1. The molecule has 0 aromatic heterocycles. The highest BCUT2D eigenvalue weighted by Gasteiger charge is 2.35. The van der Waals surface area contributed by atoms with Crippen molar-refractivity contribution in [2.24, 2.45) is 5.73 Å². The molecule has 0 aliphatic heterocycles. The first-order chi connectivity index (χ1) is 6.59. The van der Waals surface area contributed by atoms with Gasteiger partial charge in [-0.05, 0) is 29.7 Å². The van der Waals surface area contributed by atoms with Crippen molar-refractivity contribution in [3.63, 3.8) is 0 Å². The summed E-state index contributed by atoms with van der Waals surface area (Å²) in [6.45, 7) is 0. The summed E-state index contributed by atoms with van der Waals surface area (Å²) in [6.07, 6.45) is 0.562. The number of benzene rings is 1. The lowest BCUT2D eigenvalue weighted by molar-refractivity contribution is -0.139. The molecule has 1 aliphatic rings. The quantitative estimate of drug-likeness (QED) is 0.604. The summed E-state index contributed by atoms with van der Waals surface area (Å²) < 4.78 is 0. The van der Waals surface area contributed by atoms with Gasteiger partial charge in [0.15, 0.2) is 0 Å². The van der Waals surface area contributed by atoms with Gasteiger partial charge in [0.05, 0.1) is 5.92 Å². The third kappa shape index (κ3) is 1.24. The molecule has 4 nitrogen and oxygen atoms in total. The van der Waals surface area contributed by atoms with Crippen molar-refractivity contribution in [3.05, 3.63) is 29.3 Å². The molecule has 0 saturated heterocycles. The number of rotatable bonds is 1. The molecule has 0 amide bonds. The summed E-state index contributed by atoms with van der Waals surface area (Å²) in [5.74, 6) is -1.52. The van der Waals surface area contributed by atoms with Crippen LogP contribution in [0.5, 0.6) is 5.75 Å². The first kappa shape index (κ1) is 9.02. The van der Waals surface area contributed by atoms with Crippen LogP contribution in [-0.2, 0) is 11.2 Å². The molecule has 0 heterocycles. The number of hydrogen-bond acceptors (Lipinski definition) is 3. The lowest BCUT2D eigenvalue weighted by atomic mass is 9.99. The second-order valence-corrected chi connectivity index (χ2v) is 3.57. The highest BCUT2D eigenvalue weighted by molar-refractivity contribution is 5.79. The topological polar surface area (TPSA) is 83.5 Å². The maximum Gasteiger partial charge on any atom is 0.312 e. The van der Waals surface area contributed by atoms with E-state index in [-0.39, 0.29) is 11.8 Å². The van der Waals surface area contributed by atoms with E-state index in [4.69, 9.17) is 10.8 Å². The van der Waals surface area contributed by atoms with E-state index in [9.17, 15) is 9.90 Å². The van der Waals surface area contributed by atoms with Crippen molar-refractivity contribution in [2.45, 2.75) is 18.4 Å². The molecule has 4 heteroatoms. The Kier molecular flexibility index (Phi) is 1.93. The van der Waals surface area contributed by atoms with E-state index in [1.54, 1.807) is 12.1 Å². The number of carboxylic acids is 1. The Hall–Kier alpha value is -1.55. The molecular formula is C10H11NO3. The number of aromatic hydroxyl groups is 1. The summed E-state index contributed by atoms with van der Waals surface area (Å²) in [6, 6.07) is 4.38. The molecule has 14 heavy (non-hydrogen) atoms. The number of phenols is 1. The van der Waals surface area contributed by atoms with Gasteiger partial charge in [-0.3, -0.25) is 4.79 Å². The van der Waals surface area contributed by atoms with E-state index in [0.717, 1.165) is 5.56 Å². The van der Waals surface area contributed by atoms with Gasteiger partial charge >= 0.3 is 5.97 Å². The molecule has 0 radical (unpaired) electrons. The number of nitrogens with two attached hydrogens (primary N) is 1. The van der Waals surface area contributed by atoms with Gasteiger partial charge < -0.3 is 15.9 Å².